The molecule has 0 unspecified atom stereocenters. The molecule has 0 aliphatic rings. The highest BCUT2D eigenvalue weighted by Gasteiger charge is 2.22. The number of anilines is 1. The van der Waals surface area contributed by atoms with E-state index in [1.165, 1.54) is 7.11 Å². The first-order chi connectivity index (χ1) is 9.73. The number of hydroxylamine groups is 1. The number of benzene rings is 1. The van der Waals surface area contributed by atoms with Gasteiger partial charge in [0.2, 0.25) is 0 Å². The summed E-state index contributed by atoms with van der Waals surface area (Å²) < 4.78 is 9.62. The van der Waals surface area contributed by atoms with E-state index in [-0.39, 0.29) is 12.4 Å². The number of hydrogen-bond acceptors (Lipinski definition) is 5. The number of methoxy groups -OCH3 is 1. The van der Waals surface area contributed by atoms with Gasteiger partial charge in [0.1, 0.15) is 5.60 Å². The topological polar surface area (TPSA) is 76.1 Å². The summed E-state index contributed by atoms with van der Waals surface area (Å²) in [6, 6.07) is 6.62. The minimum Gasteiger partial charge on any atom is -0.469 e. The Morgan fingerprint density at radius 2 is 1.76 bits per heavy atom. The molecule has 0 saturated carbocycles. The normalized spacial score (nSPS) is 10.9. The first-order valence-corrected chi connectivity index (χ1v) is 6.60. The molecule has 0 aliphatic carbocycles. The Balaban J connectivity index is 2.64. The molecule has 0 radical (unpaired) electrons. The highest BCUT2D eigenvalue weighted by Crippen LogP contribution is 2.18. The van der Waals surface area contributed by atoms with Crippen LogP contribution in [0.15, 0.2) is 24.3 Å². The van der Waals surface area contributed by atoms with Crippen molar-refractivity contribution in [3.05, 3.63) is 29.8 Å². The van der Waals surface area contributed by atoms with Gasteiger partial charge in [-0.1, -0.05) is 12.1 Å². The maximum atomic E-state index is 11.7. The van der Waals surface area contributed by atoms with Gasteiger partial charge < -0.3 is 9.47 Å². The van der Waals surface area contributed by atoms with Gasteiger partial charge in [0.05, 0.1) is 12.8 Å². The second-order valence-electron chi connectivity index (χ2n) is 5.53. The third-order valence-corrected chi connectivity index (χ3v) is 2.59. The summed E-state index contributed by atoms with van der Waals surface area (Å²) in [6.07, 6.45) is -0.0277. The van der Waals surface area contributed by atoms with Gasteiger partial charge in [-0.25, -0.2) is 4.79 Å². The highest BCUT2D eigenvalue weighted by atomic mass is 16.6. The molecule has 0 aromatic heterocycles. The molecular formula is C15H21NO5. The molecule has 116 valence electrons. The molecule has 6 nitrogen and oxygen atoms in total. The summed E-state index contributed by atoms with van der Waals surface area (Å²) in [7, 11) is 1.34. The summed E-state index contributed by atoms with van der Waals surface area (Å²) >= 11 is 0. The Hall–Kier alpha value is -2.08. The lowest BCUT2D eigenvalue weighted by atomic mass is 10.1. The van der Waals surface area contributed by atoms with Crippen LogP contribution < -0.4 is 5.06 Å². The standard InChI is InChI=1S/C15H21NO5/c1-15(2,3)21-14(18)16(19)12-8-5-11(6-9-12)7-10-13(17)20-4/h5-6,8-9,19H,7,10H2,1-4H3. The zero-order chi connectivity index (χ0) is 16.0. The van der Waals surface area contributed by atoms with E-state index in [4.69, 9.17) is 4.74 Å². The van der Waals surface area contributed by atoms with Crippen molar-refractivity contribution < 1.29 is 24.3 Å². The Bertz CT molecular complexity index is 490. The molecule has 0 fully saturated rings. The van der Waals surface area contributed by atoms with Crippen molar-refractivity contribution in [1.82, 2.24) is 0 Å². The van der Waals surface area contributed by atoms with E-state index >= 15 is 0 Å². The second-order valence-corrected chi connectivity index (χ2v) is 5.53. The number of carbonyl (C=O) groups excluding carboxylic acids is 2. The van der Waals surface area contributed by atoms with Crippen LogP contribution in [0, 0.1) is 0 Å². The monoisotopic (exact) mass is 295 g/mol. The molecule has 21 heavy (non-hydrogen) atoms. The summed E-state index contributed by atoms with van der Waals surface area (Å²) in [5.74, 6) is -0.281. The molecule has 1 aromatic carbocycles. The maximum absolute atomic E-state index is 11.7. The molecule has 0 heterocycles. The largest absolute Gasteiger partial charge is 0.469 e. The molecular weight excluding hydrogens is 274 g/mol. The fraction of sp³-hybridized carbons (Fsp3) is 0.467. The quantitative estimate of drug-likeness (QED) is 0.525. The average Bonchev–Trinajstić information content (AvgIpc) is 2.42. The summed E-state index contributed by atoms with van der Waals surface area (Å²) in [5.41, 5.74) is 0.520. The van der Waals surface area contributed by atoms with Gasteiger partial charge in [-0.3, -0.25) is 10.0 Å². The van der Waals surface area contributed by atoms with Crippen LogP contribution in [-0.2, 0) is 20.7 Å². The molecule has 0 saturated heterocycles. The predicted molar refractivity (Wildman–Crippen MR) is 77.3 cm³/mol. The number of ether oxygens (including phenoxy) is 2. The minimum atomic E-state index is -0.843. The van der Waals surface area contributed by atoms with Crippen molar-refractivity contribution in [2.24, 2.45) is 0 Å². The number of rotatable bonds is 4. The van der Waals surface area contributed by atoms with E-state index in [1.807, 2.05) is 0 Å². The van der Waals surface area contributed by atoms with Gasteiger partial charge >= 0.3 is 12.1 Å². The fourth-order valence-corrected chi connectivity index (χ4v) is 1.56. The fourth-order valence-electron chi connectivity index (χ4n) is 1.56. The van der Waals surface area contributed by atoms with Gasteiger partial charge in [0, 0.05) is 6.42 Å². The van der Waals surface area contributed by atoms with Crippen LogP contribution in [-0.4, -0.2) is 30.0 Å². The zero-order valence-corrected chi connectivity index (χ0v) is 12.8. The van der Waals surface area contributed by atoms with E-state index in [0.29, 0.717) is 17.2 Å². The lowest BCUT2D eigenvalue weighted by molar-refractivity contribution is -0.140. The SMILES string of the molecule is COC(=O)CCc1ccc(N(O)C(=O)OC(C)(C)C)cc1. The third kappa shape index (κ3) is 5.83. The summed E-state index contributed by atoms with van der Waals surface area (Å²) in [4.78, 5) is 22.7. The smallest absolute Gasteiger partial charge is 0.439 e. The van der Waals surface area contributed by atoms with Crippen molar-refractivity contribution in [3.63, 3.8) is 0 Å². The molecule has 0 bridgehead atoms. The second kappa shape index (κ2) is 7.08. The lowest BCUT2D eigenvalue weighted by Gasteiger charge is -2.23. The van der Waals surface area contributed by atoms with Gasteiger partial charge in [0.25, 0.3) is 0 Å². The van der Waals surface area contributed by atoms with Gasteiger partial charge in [-0.15, -0.1) is 0 Å². The van der Waals surface area contributed by atoms with Crippen molar-refractivity contribution in [2.75, 3.05) is 12.2 Å². The van der Waals surface area contributed by atoms with E-state index in [0.717, 1.165) is 5.56 Å². The highest BCUT2D eigenvalue weighted by molar-refractivity contribution is 5.85. The number of amides is 1. The molecule has 1 amide bonds. The van der Waals surface area contributed by atoms with E-state index < -0.39 is 11.7 Å². The van der Waals surface area contributed by atoms with Crippen molar-refractivity contribution in [3.8, 4) is 0 Å². The number of nitrogens with zero attached hydrogens (tertiary/aromatic N) is 1. The predicted octanol–water partition coefficient (Wildman–Crippen LogP) is 2.92. The van der Waals surface area contributed by atoms with Crippen LogP contribution in [0.25, 0.3) is 0 Å². The van der Waals surface area contributed by atoms with Crippen molar-refractivity contribution >= 4 is 17.7 Å². The first-order valence-electron chi connectivity index (χ1n) is 6.60. The molecule has 0 aliphatic heterocycles. The Morgan fingerprint density at radius 3 is 2.24 bits per heavy atom. The minimum absolute atomic E-state index is 0.281. The molecule has 1 rings (SSSR count). The van der Waals surface area contributed by atoms with Gasteiger partial charge in [0.15, 0.2) is 0 Å². The first kappa shape index (κ1) is 17.0. The zero-order valence-electron chi connectivity index (χ0n) is 12.8. The van der Waals surface area contributed by atoms with Crippen LogP contribution in [0.1, 0.15) is 32.8 Å². The Kier molecular flexibility index (Phi) is 5.72. The van der Waals surface area contributed by atoms with Crippen molar-refractivity contribution in [1.29, 1.82) is 0 Å². The molecule has 1 N–H and O–H groups in total. The number of esters is 1. The molecule has 0 spiro atoms. The van der Waals surface area contributed by atoms with Crippen LogP contribution in [0.4, 0.5) is 10.5 Å². The van der Waals surface area contributed by atoms with Crippen LogP contribution >= 0.6 is 0 Å². The number of aryl methyl sites for hydroxylation is 1. The van der Waals surface area contributed by atoms with Gasteiger partial charge in [-0.2, -0.15) is 5.06 Å². The van der Waals surface area contributed by atoms with E-state index in [2.05, 4.69) is 4.74 Å². The maximum Gasteiger partial charge on any atom is 0.439 e. The number of carbonyl (C=O) groups is 2. The average molecular weight is 295 g/mol. The lowest BCUT2D eigenvalue weighted by Crippen LogP contribution is -2.34. The number of hydrogen-bond donors (Lipinski definition) is 1. The Labute approximate surface area is 124 Å². The van der Waals surface area contributed by atoms with Crippen LogP contribution in [0.5, 0.6) is 0 Å². The van der Waals surface area contributed by atoms with Crippen LogP contribution in [0.2, 0.25) is 0 Å². The van der Waals surface area contributed by atoms with E-state index in [1.54, 1.807) is 45.0 Å². The molecule has 6 heteroatoms. The van der Waals surface area contributed by atoms with E-state index in [9.17, 15) is 14.8 Å². The van der Waals surface area contributed by atoms with Crippen molar-refractivity contribution in [2.45, 2.75) is 39.2 Å². The summed E-state index contributed by atoms with van der Waals surface area (Å²) in [6.45, 7) is 5.15. The Morgan fingerprint density at radius 1 is 1.19 bits per heavy atom. The summed E-state index contributed by atoms with van der Waals surface area (Å²) in [5, 5.41) is 10.2. The molecule has 0 atom stereocenters. The molecule has 1 aromatic rings. The van der Waals surface area contributed by atoms with Gasteiger partial charge in [-0.05, 0) is 44.9 Å². The third-order valence-electron chi connectivity index (χ3n) is 2.59. The van der Waals surface area contributed by atoms with Crippen LogP contribution in [0.3, 0.4) is 0 Å².